The van der Waals surface area contributed by atoms with Gasteiger partial charge in [0.1, 0.15) is 11.3 Å². The van der Waals surface area contributed by atoms with Crippen LogP contribution in [0, 0.1) is 10.1 Å². The number of amides is 1. The number of carboxylic acids is 1. The maximum atomic E-state index is 12.5. The van der Waals surface area contributed by atoms with E-state index in [9.17, 15) is 29.9 Å². The summed E-state index contributed by atoms with van der Waals surface area (Å²) in [6, 6.07) is 0.288. The van der Waals surface area contributed by atoms with E-state index in [2.05, 4.69) is 15.9 Å². The van der Waals surface area contributed by atoms with Crippen LogP contribution in [-0.4, -0.2) is 45.4 Å². The van der Waals surface area contributed by atoms with Crippen molar-refractivity contribution < 1.29 is 29.5 Å². The molecule has 138 valence electrons. The van der Waals surface area contributed by atoms with Crippen LogP contribution in [0.2, 0.25) is 5.02 Å². The van der Waals surface area contributed by atoms with E-state index in [0.29, 0.717) is 4.90 Å². The minimum Gasteiger partial charge on any atom is -0.480 e. The normalized spacial score (nSPS) is 12.4. The lowest BCUT2D eigenvalue weighted by atomic mass is 10.2. The van der Waals surface area contributed by atoms with Gasteiger partial charge in [0.05, 0.1) is 16.6 Å². The zero-order valence-electron chi connectivity index (χ0n) is 13.5. The Bertz CT molecular complexity index is 705. The Morgan fingerprint density at radius 2 is 2.00 bits per heavy atom. The SMILES string of the molecule is CC(C)(C)OC(=O)N(c1cc(Cl)c(Br)cc1[N+](=O)[O-])[C@@H](CO)C(=O)O. The lowest BCUT2D eigenvalue weighted by Gasteiger charge is -2.30. The molecule has 25 heavy (non-hydrogen) atoms. The summed E-state index contributed by atoms with van der Waals surface area (Å²) in [6.07, 6.45) is -1.17. The number of ether oxygens (including phenoxy) is 1. The van der Waals surface area contributed by atoms with Gasteiger partial charge in [-0.25, -0.2) is 9.59 Å². The van der Waals surface area contributed by atoms with Crippen LogP contribution in [0.3, 0.4) is 0 Å². The van der Waals surface area contributed by atoms with Crippen LogP contribution in [-0.2, 0) is 9.53 Å². The Kier molecular flexibility index (Phi) is 6.75. The monoisotopic (exact) mass is 438 g/mol. The van der Waals surface area contributed by atoms with Gasteiger partial charge in [0, 0.05) is 10.5 Å². The largest absolute Gasteiger partial charge is 0.480 e. The minimum atomic E-state index is -1.80. The van der Waals surface area contributed by atoms with E-state index in [1.54, 1.807) is 20.8 Å². The zero-order chi connectivity index (χ0) is 19.5. The molecule has 0 bridgehead atoms. The number of carbonyl (C=O) groups is 2. The third kappa shape index (κ3) is 5.28. The van der Waals surface area contributed by atoms with Crippen molar-refractivity contribution in [2.75, 3.05) is 11.5 Å². The molecular weight excluding hydrogens is 424 g/mol. The van der Waals surface area contributed by atoms with E-state index >= 15 is 0 Å². The molecule has 1 aromatic rings. The smallest absolute Gasteiger partial charge is 0.415 e. The number of hydrogen-bond donors (Lipinski definition) is 2. The molecule has 1 aromatic carbocycles. The van der Waals surface area contributed by atoms with E-state index in [-0.39, 0.29) is 9.50 Å². The van der Waals surface area contributed by atoms with E-state index in [0.717, 1.165) is 12.1 Å². The predicted octanol–water partition coefficient (Wildman–Crippen LogP) is 3.20. The van der Waals surface area contributed by atoms with Gasteiger partial charge in [0.2, 0.25) is 0 Å². The Morgan fingerprint density at radius 1 is 1.44 bits per heavy atom. The van der Waals surface area contributed by atoms with Gasteiger partial charge in [0.15, 0.2) is 6.04 Å². The van der Waals surface area contributed by atoms with Crippen LogP contribution < -0.4 is 4.90 Å². The number of halogens is 2. The molecule has 1 amide bonds. The highest BCUT2D eigenvalue weighted by atomic mass is 79.9. The fourth-order valence-corrected chi connectivity index (χ4v) is 2.33. The number of aliphatic hydroxyl groups excluding tert-OH is 1. The average Bonchev–Trinajstić information content (AvgIpc) is 2.44. The molecule has 9 nitrogen and oxygen atoms in total. The van der Waals surface area contributed by atoms with Gasteiger partial charge >= 0.3 is 12.1 Å². The molecule has 0 aromatic heterocycles. The lowest BCUT2D eigenvalue weighted by Crippen LogP contribution is -2.49. The summed E-state index contributed by atoms with van der Waals surface area (Å²) in [6.45, 7) is 3.64. The van der Waals surface area contributed by atoms with Crippen molar-refractivity contribution in [3.63, 3.8) is 0 Å². The van der Waals surface area contributed by atoms with E-state index in [4.69, 9.17) is 16.3 Å². The number of anilines is 1. The first-order chi connectivity index (χ1) is 11.4. The lowest BCUT2D eigenvalue weighted by molar-refractivity contribution is -0.384. The second kappa shape index (κ2) is 7.98. The Balaban J connectivity index is 3.62. The maximum Gasteiger partial charge on any atom is 0.415 e. The highest BCUT2D eigenvalue weighted by molar-refractivity contribution is 9.10. The van der Waals surface area contributed by atoms with Crippen LogP contribution >= 0.6 is 27.5 Å². The molecule has 0 unspecified atom stereocenters. The van der Waals surface area contributed by atoms with Gasteiger partial charge < -0.3 is 14.9 Å². The third-order valence-corrected chi connectivity index (χ3v) is 4.03. The van der Waals surface area contributed by atoms with Crippen LogP contribution in [0.5, 0.6) is 0 Å². The molecule has 1 atom stereocenters. The molecule has 0 saturated carbocycles. The van der Waals surface area contributed by atoms with Crippen LogP contribution in [0.1, 0.15) is 20.8 Å². The second-order valence-corrected chi connectivity index (χ2v) is 7.16. The summed E-state index contributed by atoms with van der Waals surface area (Å²) in [5, 5.41) is 30.0. The molecule has 0 heterocycles. The standard InChI is InChI=1S/C14H16BrClN2O7/c1-14(2,3)25-13(22)17(11(6-19)12(20)21)9-5-8(16)7(15)4-10(9)18(23)24/h4-5,11,19H,6H2,1-3H3,(H,20,21)/t11-/m0/s1. The van der Waals surface area contributed by atoms with Gasteiger partial charge in [-0.3, -0.25) is 15.0 Å². The molecule has 0 saturated heterocycles. The van der Waals surface area contributed by atoms with Crippen LogP contribution in [0.4, 0.5) is 16.2 Å². The molecule has 0 aliphatic rings. The first-order valence-electron chi connectivity index (χ1n) is 6.88. The summed E-state index contributed by atoms with van der Waals surface area (Å²) in [4.78, 5) is 34.9. The number of aliphatic carboxylic acids is 1. The number of nitro benzene ring substituents is 1. The van der Waals surface area contributed by atoms with Crippen molar-refractivity contribution in [2.24, 2.45) is 0 Å². The molecule has 0 radical (unpaired) electrons. The van der Waals surface area contributed by atoms with Gasteiger partial charge in [-0.2, -0.15) is 0 Å². The molecule has 0 fully saturated rings. The Labute approximate surface area is 156 Å². The van der Waals surface area contributed by atoms with Gasteiger partial charge in [0.25, 0.3) is 5.69 Å². The molecule has 2 N–H and O–H groups in total. The van der Waals surface area contributed by atoms with Crippen molar-refractivity contribution in [2.45, 2.75) is 32.4 Å². The van der Waals surface area contributed by atoms with Crippen molar-refractivity contribution in [3.8, 4) is 0 Å². The fraction of sp³-hybridized carbons (Fsp3) is 0.429. The van der Waals surface area contributed by atoms with E-state index < -0.39 is 46.6 Å². The number of aliphatic hydroxyl groups is 1. The first kappa shape index (κ1) is 21.1. The van der Waals surface area contributed by atoms with Gasteiger partial charge in [-0.05, 0) is 42.8 Å². The van der Waals surface area contributed by atoms with E-state index in [1.165, 1.54) is 0 Å². The minimum absolute atomic E-state index is 0.0104. The summed E-state index contributed by atoms with van der Waals surface area (Å²) in [5.74, 6) is -1.57. The van der Waals surface area contributed by atoms with Crippen molar-refractivity contribution >= 4 is 51.0 Å². The summed E-state index contributed by atoms with van der Waals surface area (Å²) >= 11 is 8.97. The summed E-state index contributed by atoms with van der Waals surface area (Å²) in [7, 11) is 0. The zero-order valence-corrected chi connectivity index (χ0v) is 15.9. The van der Waals surface area contributed by atoms with Crippen LogP contribution in [0.15, 0.2) is 16.6 Å². The number of hydrogen-bond acceptors (Lipinski definition) is 6. The predicted molar refractivity (Wildman–Crippen MR) is 93.0 cm³/mol. The molecule has 0 spiro atoms. The molecule has 0 aliphatic carbocycles. The second-order valence-electron chi connectivity index (χ2n) is 5.90. The maximum absolute atomic E-state index is 12.5. The molecule has 11 heteroatoms. The van der Waals surface area contributed by atoms with Gasteiger partial charge in [-0.15, -0.1) is 0 Å². The number of carbonyl (C=O) groups excluding carboxylic acids is 1. The number of nitro groups is 1. The molecule has 1 rings (SSSR count). The topological polar surface area (TPSA) is 130 Å². The van der Waals surface area contributed by atoms with E-state index in [1.807, 2.05) is 0 Å². The fourth-order valence-electron chi connectivity index (χ4n) is 1.84. The van der Waals surface area contributed by atoms with Crippen LogP contribution in [0.25, 0.3) is 0 Å². The highest BCUT2D eigenvalue weighted by Gasteiger charge is 2.38. The number of nitrogens with zero attached hydrogens (tertiary/aromatic N) is 2. The number of rotatable bonds is 5. The first-order valence-corrected chi connectivity index (χ1v) is 8.05. The van der Waals surface area contributed by atoms with Crippen molar-refractivity contribution in [1.29, 1.82) is 0 Å². The highest BCUT2D eigenvalue weighted by Crippen LogP contribution is 2.38. The quantitative estimate of drug-likeness (QED) is 0.532. The van der Waals surface area contributed by atoms with Crippen molar-refractivity contribution in [3.05, 3.63) is 31.7 Å². The summed E-state index contributed by atoms with van der Waals surface area (Å²) < 4.78 is 5.31. The van der Waals surface area contributed by atoms with Gasteiger partial charge in [-0.1, -0.05) is 11.6 Å². The molecular formula is C14H16BrClN2O7. The van der Waals surface area contributed by atoms with Crippen molar-refractivity contribution in [1.82, 2.24) is 0 Å². The average molecular weight is 440 g/mol. The third-order valence-electron chi connectivity index (χ3n) is 2.83. The molecule has 0 aliphatic heterocycles. The number of carboxylic acid groups (broad SMARTS) is 1. The Morgan fingerprint density at radius 3 is 2.40 bits per heavy atom. The Hall–Kier alpha value is -1.91. The number of benzene rings is 1. The summed E-state index contributed by atoms with van der Waals surface area (Å²) in [5.41, 5.74) is -1.99.